The second-order valence-corrected chi connectivity index (χ2v) is 5.08. The number of fused-ring (bicyclic) bond motifs is 1. The molecule has 92 valence electrons. The van der Waals surface area contributed by atoms with Crippen molar-refractivity contribution in [3.8, 4) is 0 Å². The van der Waals surface area contributed by atoms with Gasteiger partial charge < -0.3 is 14.7 Å². The number of anilines is 1. The number of benzene rings is 1. The molecule has 3 aromatic rings. The normalized spacial score (nSPS) is 13.0. The summed E-state index contributed by atoms with van der Waals surface area (Å²) < 4.78 is 8.40. The molecule has 2 heterocycles. The van der Waals surface area contributed by atoms with E-state index in [1.54, 1.807) is 6.26 Å². The van der Waals surface area contributed by atoms with Gasteiger partial charge in [0.2, 0.25) is 5.95 Å². The minimum atomic E-state index is 0.0196. The summed E-state index contributed by atoms with van der Waals surface area (Å²) in [5.41, 5.74) is 7.88. The largest absolute Gasteiger partial charge is 0.467 e. The zero-order chi connectivity index (χ0) is 12.7. The molecule has 4 nitrogen and oxygen atoms in total. The summed E-state index contributed by atoms with van der Waals surface area (Å²) in [5.74, 6) is 1.36. The topological polar surface area (TPSA) is 57.0 Å². The predicted octanol–water partition coefficient (Wildman–Crippen LogP) is 3.58. The van der Waals surface area contributed by atoms with E-state index in [2.05, 4.69) is 20.9 Å². The van der Waals surface area contributed by atoms with Gasteiger partial charge in [-0.25, -0.2) is 4.98 Å². The number of nitrogens with zero attached hydrogens (tertiary/aromatic N) is 2. The monoisotopic (exact) mass is 305 g/mol. The fourth-order valence-corrected chi connectivity index (χ4v) is 2.50. The lowest BCUT2D eigenvalue weighted by molar-refractivity contribution is 0.453. The maximum Gasteiger partial charge on any atom is 0.201 e. The minimum Gasteiger partial charge on any atom is -0.467 e. The highest BCUT2D eigenvalue weighted by molar-refractivity contribution is 9.10. The van der Waals surface area contributed by atoms with E-state index in [9.17, 15) is 0 Å². The van der Waals surface area contributed by atoms with Crippen molar-refractivity contribution in [2.45, 2.75) is 13.0 Å². The van der Waals surface area contributed by atoms with Crippen molar-refractivity contribution >= 4 is 32.9 Å². The Balaban J connectivity index is 2.19. The van der Waals surface area contributed by atoms with Crippen LogP contribution in [0.4, 0.5) is 5.95 Å². The first-order valence-corrected chi connectivity index (χ1v) is 6.42. The highest BCUT2D eigenvalue weighted by Crippen LogP contribution is 2.28. The van der Waals surface area contributed by atoms with E-state index in [1.165, 1.54) is 0 Å². The maximum absolute atomic E-state index is 6.01. The number of aromatic nitrogens is 2. The number of halogens is 1. The molecule has 1 unspecified atom stereocenters. The van der Waals surface area contributed by atoms with Gasteiger partial charge in [-0.3, -0.25) is 0 Å². The van der Waals surface area contributed by atoms with Gasteiger partial charge in [0.25, 0.3) is 0 Å². The van der Waals surface area contributed by atoms with Crippen LogP contribution in [0, 0.1) is 0 Å². The van der Waals surface area contributed by atoms with Crippen molar-refractivity contribution in [2.75, 3.05) is 5.73 Å². The second-order valence-electron chi connectivity index (χ2n) is 4.16. The molecule has 0 aliphatic heterocycles. The van der Waals surface area contributed by atoms with E-state index in [1.807, 2.05) is 41.8 Å². The molecule has 1 aromatic carbocycles. The lowest BCUT2D eigenvalue weighted by Crippen LogP contribution is -2.09. The number of rotatable bonds is 2. The standard InChI is InChI=1S/C13H12BrN3O/c1-8(12-3-2-6-18-12)17-11-5-4-9(14)7-10(11)16-13(17)15/h2-8H,1H3,(H2,15,16). The van der Waals surface area contributed by atoms with E-state index in [0.717, 1.165) is 21.3 Å². The van der Waals surface area contributed by atoms with Gasteiger partial charge >= 0.3 is 0 Å². The van der Waals surface area contributed by atoms with Crippen molar-refractivity contribution in [2.24, 2.45) is 0 Å². The van der Waals surface area contributed by atoms with Crippen molar-refractivity contribution in [3.05, 3.63) is 46.8 Å². The van der Waals surface area contributed by atoms with Gasteiger partial charge in [-0.15, -0.1) is 0 Å². The summed E-state index contributed by atoms with van der Waals surface area (Å²) >= 11 is 3.43. The number of hydrogen-bond acceptors (Lipinski definition) is 3. The smallest absolute Gasteiger partial charge is 0.201 e. The average Bonchev–Trinajstić information content (AvgIpc) is 2.94. The molecule has 0 saturated heterocycles. The van der Waals surface area contributed by atoms with Crippen molar-refractivity contribution < 1.29 is 4.42 Å². The van der Waals surface area contributed by atoms with Crippen LogP contribution in [0.25, 0.3) is 11.0 Å². The summed E-state index contributed by atoms with van der Waals surface area (Å²) in [7, 11) is 0. The van der Waals surface area contributed by atoms with Crippen LogP contribution in [0.1, 0.15) is 18.7 Å². The van der Waals surface area contributed by atoms with E-state index < -0.39 is 0 Å². The summed E-state index contributed by atoms with van der Waals surface area (Å²) in [6.07, 6.45) is 1.66. The maximum atomic E-state index is 6.01. The number of imidazole rings is 1. The molecule has 2 aromatic heterocycles. The molecular formula is C13H12BrN3O. The second kappa shape index (κ2) is 4.17. The van der Waals surface area contributed by atoms with Crippen LogP contribution in [0.5, 0.6) is 0 Å². The molecule has 0 saturated carbocycles. The lowest BCUT2D eigenvalue weighted by Gasteiger charge is -2.13. The third kappa shape index (κ3) is 1.71. The van der Waals surface area contributed by atoms with Crippen molar-refractivity contribution in [3.63, 3.8) is 0 Å². The van der Waals surface area contributed by atoms with Crippen LogP contribution >= 0.6 is 15.9 Å². The van der Waals surface area contributed by atoms with Crippen molar-refractivity contribution in [1.29, 1.82) is 0 Å². The molecule has 0 fully saturated rings. The van der Waals surface area contributed by atoms with Gasteiger partial charge in [-0.2, -0.15) is 0 Å². The zero-order valence-electron chi connectivity index (χ0n) is 9.80. The Morgan fingerprint density at radius 1 is 1.39 bits per heavy atom. The van der Waals surface area contributed by atoms with Gasteiger partial charge in [-0.1, -0.05) is 15.9 Å². The number of furan rings is 1. The quantitative estimate of drug-likeness (QED) is 0.787. The fraction of sp³-hybridized carbons (Fsp3) is 0.154. The van der Waals surface area contributed by atoms with Gasteiger partial charge in [-0.05, 0) is 37.3 Å². The molecule has 5 heteroatoms. The number of nitrogen functional groups attached to an aromatic ring is 1. The fourth-order valence-electron chi connectivity index (χ4n) is 2.15. The molecule has 3 rings (SSSR count). The number of hydrogen-bond donors (Lipinski definition) is 1. The summed E-state index contributed by atoms with van der Waals surface area (Å²) in [6, 6.07) is 9.77. The average molecular weight is 306 g/mol. The summed E-state index contributed by atoms with van der Waals surface area (Å²) in [6.45, 7) is 2.04. The van der Waals surface area contributed by atoms with E-state index in [-0.39, 0.29) is 6.04 Å². The Bertz CT molecular complexity index is 688. The lowest BCUT2D eigenvalue weighted by atomic mass is 10.2. The van der Waals surface area contributed by atoms with E-state index in [0.29, 0.717) is 5.95 Å². The van der Waals surface area contributed by atoms with E-state index >= 15 is 0 Å². The Morgan fingerprint density at radius 3 is 2.94 bits per heavy atom. The molecule has 0 spiro atoms. The third-order valence-electron chi connectivity index (χ3n) is 3.02. The number of nitrogens with two attached hydrogens (primary N) is 1. The Kier molecular flexibility index (Phi) is 2.63. The summed E-state index contributed by atoms with van der Waals surface area (Å²) in [4.78, 5) is 4.37. The highest BCUT2D eigenvalue weighted by atomic mass is 79.9. The first-order valence-electron chi connectivity index (χ1n) is 5.63. The van der Waals surface area contributed by atoms with Crippen LogP contribution in [-0.4, -0.2) is 9.55 Å². The molecule has 2 N–H and O–H groups in total. The third-order valence-corrected chi connectivity index (χ3v) is 3.51. The zero-order valence-corrected chi connectivity index (χ0v) is 11.4. The molecule has 1 atom stereocenters. The Morgan fingerprint density at radius 2 is 2.22 bits per heavy atom. The SMILES string of the molecule is CC(c1ccco1)n1c(N)nc2cc(Br)ccc21. The van der Waals surface area contributed by atoms with Crippen molar-refractivity contribution in [1.82, 2.24) is 9.55 Å². The molecule has 0 amide bonds. The van der Waals surface area contributed by atoms with Crippen LogP contribution < -0.4 is 5.73 Å². The van der Waals surface area contributed by atoms with Gasteiger partial charge in [0.15, 0.2) is 0 Å². The van der Waals surface area contributed by atoms with Gasteiger partial charge in [0.1, 0.15) is 5.76 Å². The van der Waals surface area contributed by atoms with E-state index in [4.69, 9.17) is 10.2 Å². The van der Waals surface area contributed by atoms with Crippen LogP contribution in [0.15, 0.2) is 45.5 Å². The molecule has 18 heavy (non-hydrogen) atoms. The van der Waals surface area contributed by atoms with Crippen LogP contribution in [0.2, 0.25) is 0 Å². The van der Waals surface area contributed by atoms with Crippen LogP contribution in [0.3, 0.4) is 0 Å². The predicted molar refractivity (Wildman–Crippen MR) is 74.4 cm³/mol. The minimum absolute atomic E-state index is 0.0196. The first-order chi connectivity index (χ1) is 8.66. The molecule has 0 radical (unpaired) electrons. The highest BCUT2D eigenvalue weighted by Gasteiger charge is 2.17. The molecular weight excluding hydrogens is 294 g/mol. The molecule has 0 aliphatic carbocycles. The summed E-state index contributed by atoms with van der Waals surface area (Å²) in [5, 5.41) is 0. The Labute approximate surface area is 113 Å². The van der Waals surface area contributed by atoms with Crippen LogP contribution in [-0.2, 0) is 0 Å². The van der Waals surface area contributed by atoms with Gasteiger partial charge in [0, 0.05) is 4.47 Å². The molecule has 0 aliphatic rings. The van der Waals surface area contributed by atoms with Gasteiger partial charge in [0.05, 0.1) is 23.3 Å². The Hall–Kier alpha value is -1.75. The molecule has 0 bridgehead atoms. The first kappa shape index (κ1) is 11.3.